The second kappa shape index (κ2) is 8.09. The summed E-state index contributed by atoms with van der Waals surface area (Å²) in [5.74, 6) is 1.23. The number of methoxy groups -OCH3 is 2. The molecule has 3 aromatic rings. The molecule has 132 valence electrons. The normalized spacial score (nSPS) is 10.3. The van der Waals surface area contributed by atoms with E-state index in [1.807, 2.05) is 30.3 Å². The fourth-order valence-corrected chi connectivity index (χ4v) is 2.46. The lowest BCUT2D eigenvalue weighted by molar-refractivity contribution is 0.211. The molecule has 2 aromatic heterocycles. The number of fused-ring (bicyclic) bond motifs is 1. The summed E-state index contributed by atoms with van der Waals surface area (Å²) < 4.78 is 10.1. The van der Waals surface area contributed by atoms with Crippen LogP contribution in [0, 0.1) is 11.3 Å². The predicted octanol–water partition coefficient (Wildman–Crippen LogP) is 2.71. The van der Waals surface area contributed by atoms with Gasteiger partial charge in [-0.25, -0.2) is 9.97 Å². The molecule has 0 atom stereocenters. The number of pyridine rings is 1. The van der Waals surface area contributed by atoms with Crippen molar-refractivity contribution in [2.75, 3.05) is 38.0 Å². The number of aromatic nitrogens is 3. The Morgan fingerprint density at radius 1 is 1.15 bits per heavy atom. The van der Waals surface area contributed by atoms with Crippen LogP contribution in [-0.2, 0) is 4.74 Å². The number of anilines is 3. The Labute approximate surface area is 150 Å². The fraction of sp³-hybridized carbons (Fsp3) is 0.222. The summed E-state index contributed by atoms with van der Waals surface area (Å²) in [6, 6.07) is 9.84. The maximum absolute atomic E-state index is 8.97. The molecule has 0 aliphatic rings. The van der Waals surface area contributed by atoms with Crippen LogP contribution in [0.4, 0.5) is 17.3 Å². The van der Waals surface area contributed by atoms with Crippen molar-refractivity contribution >= 4 is 28.1 Å². The first-order valence-corrected chi connectivity index (χ1v) is 7.95. The largest absolute Gasteiger partial charge is 0.479 e. The van der Waals surface area contributed by atoms with Gasteiger partial charge >= 0.3 is 0 Å². The lowest BCUT2D eigenvalue weighted by atomic mass is 10.1. The van der Waals surface area contributed by atoms with Crippen molar-refractivity contribution in [3.63, 3.8) is 0 Å². The molecule has 0 radical (unpaired) electrons. The lowest BCUT2D eigenvalue weighted by Crippen LogP contribution is -2.07. The molecule has 0 spiro atoms. The SMILES string of the molecule is COCCNc1cccc2cc(Nc3cnc(C#N)c(OC)n3)ncc12. The van der Waals surface area contributed by atoms with E-state index in [9.17, 15) is 0 Å². The third-order valence-corrected chi connectivity index (χ3v) is 3.68. The van der Waals surface area contributed by atoms with E-state index >= 15 is 0 Å². The van der Waals surface area contributed by atoms with E-state index in [4.69, 9.17) is 14.7 Å². The van der Waals surface area contributed by atoms with Crippen molar-refractivity contribution < 1.29 is 9.47 Å². The number of benzene rings is 1. The van der Waals surface area contributed by atoms with Crippen molar-refractivity contribution in [1.82, 2.24) is 15.0 Å². The van der Waals surface area contributed by atoms with Gasteiger partial charge in [-0.1, -0.05) is 12.1 Å². The van der Waals surface area contributed by atoms with Gasteiger partial charge in [-0.05, 0) is 17.5 Å². The van der Waals surface area contributed by atoms with Crippen LogP contribution in [0.15, 0.2) is 36.7 Å². The van der Waals surface area contributed by atoms with Gasteiger partial charge in [0.05, 0.1) is 19.9 Å². The molecule has 8 heteroatoms. The highest BCUT2D eigenvalue weighted by Gasteiger charge is 2.09. The standard InChI is InChI=1S/C18H18N6O2/c1-25-7-6-20-14-5-3-4-12-8-16(22-10-13(12)14)23-17-11-21-15(9-19)18(24-17)26-2/h3-5,8,10-11,20H,6-7H2,1-2H3,(H,22,23,24). The van der Waals surface area contributed by atoms with Crippen molar-refractivity contribution in [2.45, 2.75) is 0 Å². The molecule has 0 aliphatic heterocycles. The maximum atomic E-state index is 8.97. The van der Waals surface area contributed by atoms with Gasteiger partial charge < -0.3 is 20.1 Å². The molecule has 0 saturated heterocycles. The van der Waals surface area contributed by atoms with Crippen LogP contribution < -0.4 is 15.4 Å². The minimum Gasteiger partial charge on any atom is -0.479 e. The number of nitrogens with one attached hydrogen (secondary N) is 2. The molecule has 26 heavy (non-hydrogen) atoms. The van der Waals surface area contributed by atoms with E-state index in [0.717, 1.165) is 23.0 Å². The summed E-state index contributed by atoms with van der Waals surface area (Å²) in [5, 5.41) is 17.4. The van der Waals surface area contributed by atoms with E-state index in [1.165, 1.54) is 13.3 Å². The van der Waals surface area contributed by atoms with Gasteiger partial charge in [-0.3, -0.25) is 0 Å². The van der Waals surface area contributed by atoms with Gasteiger partial charge in [0.1, 0.15) is 11.9 Å². The molecule has 0 amide bonds. The van der Waals surface area contributed by atoms with Gasteiger partial charge in [0.2, 0.25) is 5.69 Å². The van der Waals surface area contributed by atoms with Gasteiger partial charge in [0, 0.05) is 30.9 Å². The average molecular weight is 350 g/mol. The van der Waals surface area contributed by atoms with Gasteiger partial charge in [0.25, 0.3) is 5.88 Å². The number of rotatable bonds is 7. The van der Waals surface area contributed by atoms with E-state index in [1.54, 1.807) is 13.3 Å². The fourth-order valence-electron chi connectivity index (χ4n) is 2.46. The molecular formula is C18H18N6O2. The van der Waals surface area contributed by atoms with Gasteiger partial charge in [-0.2, -0.15) is 10.2 Å². The molecule has 3 rings (SSSR count). The third-order valence-electron chi connectivity index (χ3n) is 3.68. The number of nitrogens with zero attached hydrogens (tertiary/aromatic N) is 4. The van der Waals surface area contributed by atoms with Gasteiger partial charge in [0.15, 0.2) is 5.82 Å². The lowest BCUT2D eigenvalue weighted by Gasteiger charge is -2.11. The van der Waals surface area contributed by atoms with Crippen LogP contribution >= 0.6 is 0 Å². The molecular weight excluding hydrogens is 332 g/mol. The van der Waals surface area contributed by atoms with Crippen LogP contribution in [0.3, 0.4) is 0 Å². The van der Waals surface area contributed by atoms with E-state index in [0.29, 0.717) is 18.2 Å². The van der Waals surface area contributed by atoms with E-state index in [-0.39, 0.29) is 11.6 Å². The summed E-state index contributed by atoms with van der Waals surface area (Å²) in [6.07, 6.45) is 3.26. The summed E-state index contributed by atoms with van der Waals surface area (Å²) in [5.41, 5.74) is 1.13. The number of hydrogen-bond acceptors (Lipinski definition) is 8. The second-order valence-electron chi connectivity index (χ2n) is 5.37. The Morgan fingerprint density at radius 3 is 2.81 bits per heavy atom. The number of nitriles is 1. The van der Waals surface area contributed by atoms with Crippen LogP contribution in [-0.4, -0.2) is 42.3 Å². The van der Waals surface area contributed by atoms with E-state index < -0.39 is 0 Å². The van der Waals surface area contributed by atoms with Gasteiger partial charge in [-0.15, -0.1) is 0 Å². The molecule has 2 N–H and O–H groups in total. The first-order valence-electron chi connectivity index (χ1n) is 7.95. The minimum absolute atomic E-state index is 0.135. The molecule has 0 aliphatic carbocycles. The molecule has 2 heterocycles. The molecule has 0 unspecified atom stereocenters. The Hall–Kier alpha value is -3.44. The summed E-state index contributed by atoms with van der Waals surface area (Å²) in [6.45, 7) is 1.35. The van der Waals surface area contributed by atoms with E-state index in [2.05, 4.69) is 25.6 Å². The van der Waals surface area contributed by atoms with Crippen molar-refractivity contribution in [2.24, 2.45) is 0 Å². The highest BCUT2D eigenvalue weighted by atomic mass is 16.5. The Balaban J connectivity index is 1.85. The zero-order chi connectivity index (χ0) is 18.4. The topological polar surface area (TPSA) is 105 Å². The minimum atomic E-state index is 0.135. The zero-order valence-electron chi connectivity index (χ0n) is 14.5. The molecule has 1 aromatic carbocycles. The van der Waals surface area contributed by atoms with Crippen molar-refractivity contribution in [3.8, 4) is 11.9 Å². The summed E-state index contributed by atoms with van der Waals surface area (Å²) >= 11 is 0. The maximum Gasteiger partial charge on any atom is 0.252 e. The smallest absolute Gasteiger partial charge is 0.252 e. The van der Waals surface area contributed by atoms with Crippen LogP contribution in [0.25, 0.3) is 10.8 Å². The van der Waals surface area contributed by atoms with Crippen LogP contribution in [0.2, 0.25) is 0 Å². The highest BCUT2D eigenvalue weighted by molar-refractivity contribution is 5.94. The first-order chi connectivity index (χ1) is 12.7. The van der Waals surface area contributed by atoms with Crippen molar-refractivity contribution in [3.05, 3.63) is 42.4 Å². The Morgan fingerprint density at radius 2 is 2.04 bits per heavy atom. The summed E-state index contributed by atoms with van der Waals surface area (Å²) in [7, 11) is 3.12. The molecule has 0 bridgehead atoms. The first kappa shape index (κ1) is 17.4. The second-order valence-corrected chi connectivity index (χ2v) is 5.37. The Kier molecular flexibility index (Phi) is 5.41. The molecule has 8 nitrogen and oxygen atoms in total. The average Bonchev–Trinajstić information content (AvgIpc) is 2.68. The third kappa shape index (κ3) is 3.79. The monoisotopic (exact) mass is 350 g/mol. The highest BCUT2D eigenvalue weighted by Crippen LogP contribution is 2.26. The quantitative estimate of drug-likeness (QED) is 0.627. The van der Waals surface area contributed by atoms with Crippen LogP contribution in [0.1, 0.15) is 5.69 Å². The number of hydrogen-bond donors (Lipinski definition) is 2. The molecule has 0 fully saturated rings. The van der Waals surface area contributed by atoms with Crippen LogP contribution in [0.5, 0.6) is 5.88 Å². The van der Waals surface area contributed by atoms with Crippen molar-refractivity contribution in [1.29, 1.82) is 5.26 Å². The molecule has 0 saturated carbocycles. The Bertz CT molecular complexity index is 954. The zero-order valence-corrected chi connectivity index (χ0v) is 14.5. The summed E-state index contributed by atoms with van der Waals surface area (Å²) in [4.78, 5) is 12.7. The predicted molar refractivity (Wildman–Crippen MR) is 98.7 cm³/mol. The number of ether oxygens (including phenoxy) is 2.